The highest BCUT2D eigenvalue weighted by Crippen LogP contribution is 2.34. The Morgan fingerprint density at radius 1 is 1.11 bits per heavy atom. The maximum absolute atomic E-state index is 15.2. The van der Waals surface area contributed by atoms with Gasteiger partial charge in [0.25, 0.3) is 11.5 Å². The molecule has 2 aromatic carbocycles. The molecular formula is C30H31F3N8O3. The van der Waals surface area contributed by atoms with E-state index < -0.39 is 41.5 Å². The first kappa shape index (κ1) is 30.7. The third-order valence-electron chi connectivity index (χ3n) is 7.33. The van der Waals surface area contributed by atoms with Crippen molar-refractivity contribution < 1.29 is 22.7 Å². The van der Waals surface area contributed by atoms with Gasteiger partial charge >= 0.3 is 0 Å². The molecule has 4 aromatic rings. The molecule has 1 saturated heterocycles. The standard InChI is InChI=1S/C30H31F3N8O3/c1-2-40-14-11-23(22(33)16-40)39-28(35)26-25(10-12-36-27(26)34)44-24-8-5-18(15-21(24)32)38-29(42)20-9-13-37-41(30(20)43)19-6-3-17(31)4-7-19/h3-10,12-13,15,22-23,28,39H,2,11,14,16,35H2,1H3,(H2,34,36)(H,38,42)/t22-,23+,28?/m1/s1. The number of alkyl halides is 1. The SMILES string of the molecule is CCN1CC[C@H](NC(N)c2c(Oc3ccc(NC(=O)c4ccnn(-c5ccc(F)cc5)c4=O)cc3F)ccnc2N)[C@H](F)C1. The average Bonchev–Trinajstić information content (AvgIpc) is 3.00. The number of piperidine rings is 1. The van der Waals surface area contributed by atoms with Crippen LogP contribution in [0.1, 0.15) is 35.4 Å². The van der Waals surface area contributed by atoms with Gasteiger partial charge in [0.2, 0.25) is 0 Å². The summed E-state index contributed by atoms with van der Waals surface area (Å²) in [5, 5.41) is 9.49. The van der Waals surface area contributed by atoms with Gasteiger partial charge in [-0.3, -0.25) is 14.9 Å². The van der Waals surface area contributed by atoms with Gasteiger partial charge in [-0.15, -0.1) is 0 Å². The van der Waals surface area contributed by atoms with E-state index in [-0.39, 0.29) is 46.4 Å². The fourth-order valence-electron chi connectivity index (χ4n) is 4.96. The van der Waals surface area contributed by atoms with E-state index in [1.165, 1.54) is 48.8 Å². The van der Waals surface area contributed by atoms with Gasteiger partial charge < -0.3 is 26.4 Å². The predicted molar refractivity (Wildman–Crippen MR) is 158 cm³/mol. The van der Waals surface area contributed by atoms with Crippen LogP contribution in [0.3, 0.4) is 0 Å². The number of benzene rings is 2. The van der Waals surface area contributed by atoms with Crippen LogP contribution in [0.15, 0.2) is 71.8 Å². The Labute approximate surface area is 250 Å². The number of halogens is 3. The lowest BCUT2D eigenvalue weighted by atomic mass is 10.0. The zero-order valence-electron chi connectivity index (χ0n) is 23.7. The number of carbonyl (C=O) groups excluding carboxylic acids is 1. The van der Waals surface area contributed by atoms with Crippen LogP contribution in [0.2, 0.25) is 0 Å². The number of hydrogen-bond acceptors (Lipinski definition) is 9. The van der Waals surface area contributed by atoms with Crippen molar-refractivity contribution in [1.82, 2.24) is 25.0 Å². The van der Waals surface area contributed by atoms with Gasteiger partial charge in [0.1, 0.15) is 29.1 Å². The molecule has 0 saturated carbocycles. The maximum atomic E-state index is 15.2. The molecule has 1 unspecified atom stereocenters. The zero-order chi connectivity index (χ0) is 31.4. The summed E-state index contributed by atoms with van der Waals surface area (Å²) in [6, 6.07) is 10.9. The highest BCUT2D eigenvalue weighted by atomic mass is 19.1. The van der Waals surface area contributed by atoms with E-state index in [1.807, 2.05) is 11.8 Å². The lowest BCUT2D eigenvalue weighted by Crippen LogP contribution is -2.52. The van der Waals surface area contributed by atoms with Gasteiger partial charge in [-0.25, -0.2) is 18.2 Å². The smallest absolute Gasteiger partial charge is 0.284 e. The number of ether oxygens (including phenoxy) is 1. The van der Waals surface area contributed by atoms with E-state index in [2.05, 4.69) is 20.7 Å². The second kappa shape index (κ2) is 13.2. The van der Waals surface area contributed by atoms with Crippen LogP contribution >= 0.6 is 0 Å². The first-order chi connectivity index (χ1) is 21.1. The Bertz CT molecular complexity index is 1700. The fourth-order valence-corrected chi connectivity index (χ4v) is 4.96. The van der Waals surface area contributed by atoms with E-state index in [0.717, 1.165) is 29.4 Å². The number of nitrogens with two attached hydrogens (primary N) is 2. The molecule has 0 radical (unpaired) electrons. The van der Waals surface area contributed by atoms with Crippen molar-refractivity contribution in [3.63, 3.8) is 0 Å². The molecule has 0 aliphatic carbocycles. The molecule has 2 aromatic heterocycles. The third-order valence-corrected chi connectivity index (χ3v) is 7.33. The van der Waals surface area contributed by atoms with Gasteiger partial charge in [0.05, 0.1) is 17.4 Å². The molecule has 3 atom stereocenters. The number of hydrogen-bond donors (Lipinski definition) is 4. The lowest BCUT2D eigenvalue weighted by Gasteiger charge is -2.36. The zero-order valence-corrected chi connectivity index (χ0v) is 23.7. The van der Waals surface area contributed by atoms with Crippen molar-refractivity contribution in [2.24, 2.45) is 5.73 Å². The molecule has 44 heavy (non-hydrogen) atoms. The van der Waals surface area contributed by atoms with Crippen LogP contribution in [0, 0.1) is 11.6 Å². The van der Waals surface area contributed by atoms with Crippen molar-refractivity contribution in [2.75, 3.05) is 30.7 Å². The summed E-state index contributed by atoms with van der Waals surface area (Å²) >= 11 is 0. The number of nitrogens with zero attached hydrogens (tertiary/aromatic N) is 4. The minimum absolute atomic E-state index is 0.0387. The summed E-state index contributed by atoms with van der Waals surface area (Å²) in [7, 11) is 0. The number of aromatic nitrogens is 3. The van der Waals surface area contributed by atoms with Crippen LogP contribution < -0.4 is 32.4 Å². The Balaban J connectivity index is 1.30. The number of nitrogens with one attached hydrogen (secondary N) is 2. The number of anilines is 2. The number of amides is 1. The minimum atomic E-state index is -1.14. The summed E-state index contributed by atoms with van der Waals surface area (Å²) < 4.78 is 50.0. The lowest BCUT2D eigenvalue weighted by molar-refractivity contribution is 0.102. The van der Waals surface area contributed by atoms with Gasteiger partial charge in [0.15, 0.2) is 11.6 Å². The molecule has 1 aliphatic rings. The van der Waals surface area contributed by atoms with Crippen LogP contribution in [-0.4, -0.2) is 57.4 Å². The molecule has 14 heteroatoms. The summed E-state index contributed by atoms with van der Waals surface area (Å²) in [5.74, 6) is -2.18. The van der Waals surface area contributed by atoms with E-state index >= 15 is 4.39 Å². The van der Waals surface area contributed by atoms with E-state index in [0.29, 0.717) is 13.0 Å². The first-order valence-electron chi connectivity index (χ1n) is 13.9. The Hall–Kier alpha value is -4.79. The molecule has 230 valence electrons. The van der Waals surface area contributed by atoms with E-state index in [1.54, 1.807) is 0 Å². The van der Waals surface area contributed by atoms with Crippen molar-refractivity contribution >= 4 is 17.4 Å². The molecular weight excluding hydrogens is 577 g/mol. The number of likely N-dealkylation sites (tertiary alicyclic amines) is 1. The Morgan fingerprint density at radius 3 is 2.59 bits per heavy atom. The second-order valence-corrected chi connectivity index (χ2v) is 10.2. The van der Waals surface area contributed by atoms with Crippen molar-refractivity contribution in [3.05, 3.63) is 100 Å². The topological polar surface area (TPSA) is 153 Å². The van der Waals surface area contributed by atoms with E-state index in [9.17, 15) is 18.4 Å². The minimum Gasteiger partial charge on any atom is -0.454 e. The van der Waals surface area contributed by atoms with Crippen molar-refractivity contribution in [3.8, 4) is 17.2 Å². The first-order valence-corrected chi connectivity index (χ1v) is 13.9. The molecule has 1 aliphatic heterocycles. The van der Waals surface area contributed by atoms with Crippen molar-refractivity contribution in [2.45, 2.75) is 31.7 Å². The molecule has 1 amide bonds. The summed E-state index contributed by atoms with van der Waals surface area (Å²) in [5.41, 5.74) is 12.0. The quantitative estimate of drug-likeness (QED) is 0.209. The molecule has 0 bridgehead atoms. The molecule has 0 spiro atoms. The summed E-state index contributed by atoms with van der Waals surface area (Å²) in [4.78, 5) is 31.9. The molecule has 5 rings (SSSR count). The Kier molecular flexibility index (Phi) is 9.23. The number of carbonyl (C=O) groups is 1. The van der Waals surface area contributed by atoms with Gasteiger partial charge in [0, 0.05) is 36.7 Å². The van der Waals surface area contributed by atoms with Gasteiger partial charge in [-0.2, -0.15) is 9.78 Å². The highest BCUT2D eigenvalue weighted by molar-refractivity contribution is 6.04. The number of pyridine rings is 1. The largest absolute Gasteiger partial charge is 0.454 e. The normalized spacial score (nSPS) is 17.7. The Morgan fingerprint density at radius 2 is 1.89 bits per heavy atom. The fraction of sp³-hybridized carbons (Fsp3) is 0.267. The second-order valence-electron chi connectivity index (χ2n) is 10.2. The highest BCUT2D eigenvalue weighted by Gasteiger charge is 2.31. The van der Waals surface area contributed by atoms with Crippen LogP contribution in [0.5, 0.6) is 11.5 Å². The maximum Gasteiger partial charge on any atom is 0.284 e. The number of rotatable bonds is 9. The molecule has 1 fully saturated rings. The molecule has 11 nitrogen and oxygen atoms in total. The van der Waals surface area contributed by atoms with Crippen LogP contribution in [0.25, 0.3) is 5.69 Å². The van der Waals surface area contributed by atoms with Crippen molar-refractivity contribution in [1.29, 1.82) is 0 Å². The summed E-state index contributed by atoms with van der Waals surface area (Å²) in [6.45, 7) is 3.72. The van der Waals surface area contributed by atoms with E-state index in [4.69, 9.17) is 16.2 Å². The molecule has 6 N–H and O–H groups in total. The third kappa shape index (κ3) is 6.72. The predicted octanol–water partition coefficient (Wildman–Crippen LogP) is 3.51. The monoisotopic (exact) mass is 608 g/mol. The number of nitrogen functional groups attached to an aromatic ring is 1. The van der Waals surface area contributed by atoms with Gasteiger partial charge in [-0.05, 0) is 68.0 Å². The average molecular weight is 609 g/mol. The van der Waals surface area contributed by atoms with Crippen LogP contribution in [-0.2, 0) is 0 Å². The van der Waals surface area contributed by atoms with Gasteiger partial charge in [-0.1, -0.05) is 6.92 Å². The van der Waals surface area contributed by atoms with Crippen LogP contribution in [0.4, 0.5) is 24.7 Å². The molecule has 3 heterocycles. The summed E-state index contributed by atoms with van der Waals surface area (Å²) in [6.07, 6.45) is 1.07.